The highest BCUT2D eigenvalue weighted by Gasteiger charge is 2.00. The Morgan fingerprint density at radius 1 is 1.06 bits per heavy atom. The Morgan fingerprint density at radius 3 is 2.33 bits per heavy atom. The average Bonchev–Trinajstić information content (AvgIpc) is 2.76. The zero-order chi connectivity index (χ0) is 13.0. The minimum Gasteiger partial charge on any atom is -0.309 e. The van der Waals surface area contributed by atoms with Crippen LogP contribution in [-0.4, -0.2) is 0 Å². The fourth-order valence-electron chi connectivity index (χ4n) is 1.93. The van der Waals surface area contributed by atoms with Crippen molar-refractivity contribution in [2.45, 2.75) is 39.8 Å². The molecule has 2 heteroatoms. The van der Waals surface area contributed by atoms with E-state index in [1.54, 1.807) is 11.3 Å². The molecule has 0 aliphatic carbocycles. The molecular formula is C16H21NS. The molecule has 1 heterocycles. The van der Waals surface area contributed by atoms with Gasteiger partial charge in [-0.15, -0.1) is 0 Å². The maximum Gasteiger partial charge on any atom is 0.0219 e. The number of thiophene rings is 1. The summed E-state index contributed by atoms with van der Waals surface area (Å²) in [7, 11) is 0. The summed E-state index contributed by atoms with van der Waals surface area (Å²) in [5, 5.41) is 7.93. The van der Waals surface area contributed by atoms with E-state index in [2.05, 4.69) is 61.1 Å². The van der Waals surface area contributed by atoms with Crippen molar-refractivity contribution in [3.63, 3.8) is 0 Å². The SMILES string of the molecule is Cc1cscc1CNCc1ccc(C(C)C)cc1. The van der Waals surface area contributed by atoms with E-state index in [9.17, 15) is 0 Å². The van der Waals surface area contributed by atoms with Crippen molar-refractivity contribution in [2.24, 2.45) is 0 Å². The molecule has 18 heavy (non-hydrogen) atoms. The maximum atomic E-state index is 3.50. The Morgan fingerprint density at radius 2 is 1.78 bits per heavy atom. The summed E-state index contributed by atoms with van der Waals surface area (Å²) in [5.41, 5.74) is 5.57. The Bertz CT molecular complexity index is 482. The van der Waals surface area contributed by atoms with Crippen LogP contribution in [0, 0.1) is 6.92 Å². The zero-order valence-corrected chi connectivity index (χ0v) is 12.2. The van der Waals surface area contributed by atoms with Crippen LogP contribution in [0.1, 0.15) is 42.0 Å². The van der Waals surface area contributed by atoms with Gasteiger partial charge in [0.25, 0.3) is 0 Å². The Kier molecular flexibility index (Phi) is 4.56. The maximum absolute atomic E-state index is 3.50. The molecule has 1 N–H and O–H groups in total. The molecule has 96 valence electrons. The van der Waals surface area contributed by atoms with Crippen LogP contribution < -0.4 is 5.32 Å². The number of rotatable bonds is 5. The lowest BCUT2D eigenvalue weighted by Crippen LogP contribution is -2.12. The second kappa shape index (κ2) is 6.17. The topological polar surface area (TPSA) is 12.0 Å². The quantitative estimate of drug-likeness (QED) is 0.835. The monoisotopic (exact) mass is 259 g/mol. The number of hydrogen-bond acceptors (Lipinski definition) is 2. The molecule has 0 amide bonds. The van der Waals surface area contributed by atoms with E-state index in [0.29, 0.717) is 5.92 Å². The van der Waals surface area contributed by atoms with E-state index in [1.807, 2.05) is 0 Å². The number of hydrogen-bond donors (Lipinski definition) is 1. The van der Waals surface area contributed by atoms with Crippen LogP contribution in [0.4, 0.5) is 0 Å². The van der Waals surface area contributed by atoms with Crippen molar-refractivity contribution in [3.05, 3.63) is 57.3 Å². The van der Waals surface area contributed by atoms with Gasteiger partial charge >= 0.3 is 0 Å². The molecule has 0 aliphatic heterocycles. The van der Waals surface area contributed by atoms with Gasteiger partial charge in [0.15, 0.2) is 0 Å². The molecule has 1 nitrogen and oxygen atoms in total. The van der Waals surface area contributed by atoms with Gasteiger partial charge in [-0.1, -0.05) is 38.1 Å². The van der Waals surface area contributed by atoms with E-state index >= 15 is 0 Å². The molecule has 0 saturated carbocycles. The van der Waals surface area contributed by atoms with Crippen molar-refractivity contribution < 1.29 is 0 Å². The van der Waals surface area contributed by atoms with Crippen LogP contribution in [0.15, 0.2) is 35.0 Å². The van der Waals surface area contributed by atoms with Crippen molar-refractivity contribution in [1.82, 2.24) is 5.32 Å². The van der Waals surface area contributed by atoms with E-state index < -0.39 is 0 Å². The standard InChI is InChI=1S/C16H21NS/c1-12(2)15-6-4-14(5-7-15)8-17-9-16-11-18-10-13(16)3/h4-7,10-12,17H,8-9H2,1-3H3. The molecule has 0 spiro atoms. The van der Waals surface area contributed by atoms with E-state index in [4.69, 9.17) is 0 Å². The molecule has 2 rings (SSSR count). The smallest absolute Gasteiger partial charge is 0.0219 e. The second-order valence-corrected chi connectivity index (χ2v) is 5.82. The zero-order valence-electron chi connectivity index (χ0n) is 11.4. The molecule has 0 fully saturated rings. The number of aryl methyl sites for hydroxylation is 1. The molecule has 1 aromatic carbocycles. The van der Waals surface area contributed by atoms with Crippen LogP contribution >= 0.6 is 11.3 Å². The first-order valence-electron chi connectivity index (χ1n) is 6.48. The van der Waals surface area contributed by atoms with Crippen LogP contribution in [0.5, 0.6) is 0 Å². The molecule has 0 unspecified atom stereocenters. The summed E-state index contributed by atoms with van der Waals surface area (Å²) < 4.78 is 0. The normalized spacial score (nSPS) is 11.1. The Labute approximate surface area is 114 Å². The van der Waals surface area contributed by atoms with E-state index in [1.165, 1.54) is 22.3 Å². The fraction of sp³-hybridized carbons (Fsp3) is 0.375. The average molecular weight is 259 g/mol. The van der Waals surface area contributed by atoms with Crippen LogP contribution in [0.2, 0.25) is 0 Å². The summed E-state index contributed by atoms with van der Waals surface area (Å²) in [6, 6.07) is 8.92. The van der Waals surface area contributed by atoms with Gasteiger partial charge in [0.2, 0.25) is 0 Å². The van der Waals surface area contributed by atoms with Gasteiger partial charge in [-0.25, -0.2) is 0 Å². The van der Waals surface area contributed by atoms with Crippen LogP contribution in [-0.2, 0) is 13.1 Å². The summed E-state index contributed by atoms with van der Waals surface area (Å²) >= 11 is 1.78. The van der Waals surface area contributed by atoms with Gasteiger partial charge in [-0.3, -0.25) is 0 Å². The lowest BCUT2D eigenvalue weighted by Gasteiger charge is -2.08. The predicted molar refractivity (Wildman–Crippen MR) is 80.1 cm³/mol. The number of benzene rings is 1. The first-order valence-corrected chi connectivity index (χ1v) is 7.42. The minimum atomic E-state index is 0.612. The van der Waals surface area contributed by atoms with Gasteiger partial charge in [0.05, 0.1) is 0 Å². The predicted octanol–water partition coefficient (Wildman–Crippen LogP) is 4.47. The summed E-state index contributed by atoms with van der Waals surface area (Å²) in [5.74, 6) is 0.612. The lowest BCUT2D eigenvalue weighted by molar-refractivity contribution is 0.692. The third-order valence-corrected chi connectivity index (χ3v) is 4.16. The van der Waals surface area contributed by atoms with Gasteiger partial charge in [-0.2, -0.15) is 11.3 Å². The van der Waals surface area contributed by atoms with Crippen molar-refractivity contribution in [3.8, 4) is 0 Å². The molecule has 0 radical (unpaired) electrons. The number of nitrogens with one attached hydrogen (secondary N) is 1. The van der Waals surface area contributed by atoms with Crippen molar-refractivity contribution in [2.75, 3.05) is 0 Å². The van der Waals surface area contributed by atoms with Gasteiger partial charge in [-0.05, 0) is 45.9 Å². The molecule has 1 aromatic heterocycles. The molecule has 0 bridgehead atoms. The molecule has 0 saturated heterocycles. The molecular weight excluding hydrogens is 238 g/mol. The highest BCUT2D eigenvalue weighted by Crippen LogP contribution is 2.15. The molecule has 0 atom stereocenters. The van der Waals surface area contributed by atoms with E-state index in [-0.39, 0.29) is 0 Å². The lowest BCUT2D eigenvalue weighted by atomic mass is 10.0. The van der Waals surface area contributed by atoms with Crippen LogP contribution in [0.3, 0.4) is 0 Å². The van der Waals surface area contributed by atoms with Crippen molar-refractivity contribution >= 4 is 11.3 Å². The second-order valence-electron chi connectivity index (χ2n) is 5.08. The molecule has 0 aliphatic rings. The van der Waals surface area contributed by atoms with Crippen LogP contribution in [0.25, 0.3) is 0 Å². The Balaban J connectivity index is 1.85. The van der Waals surface area contributed by atoms with Gasteiger partial charge < -0.3 is 5.32 Å². The largest absolute Gasteiger partial charge is 0.309 e. The van der Waals surface area contributed by atoms with Gasteiger partial charge in [0.1, 0.15) is 0 Å². The molecule has 2 aromatic rings. The summed E-state index contributed by atoms with van der Waals surface area (Å²) in [6.07, 6.45) is 0. The third-order valence-electron chi connectivity index (χ3n) is 3.25. The van der Waals surface area contributed by atoms with Gasteiger partial charge in [0, 0.05) is 13.1 Å². The summed E-state index contributed by atoms with van der Waals surface area (Å²) in [6.45, 7) is 8.53. The van der Waals surface area contributed by atoms with Crippen molar-refractivity contribution in [1.29, 1.82) is 0 Å². The summed E-state index contributed by atoms with van der Waals surface area (Å²) in [4.78, 5) is 0. The first kappa shape index (κ1) is 13.3. The highest BCUT2D eigenvalue weighted by molar-refractivity contribution is 7.08. The minimum absolute atomic E-state index is 0.612. The fourth-order valence-corrected chi connectivity index (χ4v) is 2.79. The first-order chi connectivity index (χ1) is 8.66. The Hall–Kier alpha value is -1.12. The van der Waals surface area contributed by atoms with E-state index in [0.717, 1.165) is 13.1 Å². The third kappa shape index (κ3) is 3.44. The highest BCUT2D eigenvalue weighted by atomic mass is 32.1.